The molecule has 1 aromatic heterocycles. The van der Waals surface area contributed by atoms with Gasteiger partial charge in [0.2, 0.25) is 5.91 Å². The SMILES string of the molecule is CC(C)CC(=O)Nc1cccc(CNC(=O)c2nn(C(C)C)c(=O)c3ccccc23)c1. The summed E-state index contributed by atoms with van der Waals surface area (Å²) in [7, 11) is 0. The van der Waals surface area contributed by atoms with Crippen LogP contribution in [-0.2, 0) is 11.3 Å². The summed E-state index contributed by atoms with van der Waals surface area (Å²) in [5.74, 6) is -0.124. The standard InChI is InChI=1S/C24H28N4O3/c1-15(2)12-21(29)26-18-9-7-8-17(13-18)14-25-23(30)22-19-10-5-6-11-20(19)24(31)28(27-22)16(3)4/h5-11,13,15-16H,12,14H2,1-4H3,(H,25,30)(H,26,29). The molecule has 2 amide bonds. The van der Waals surface area contributed by atoms with E-state index in [-0.39, 0.29) is 41.6 Å². The Bertz CT molecular complexity index is 1160. The fraction of sp³-hybridized carbons (Fsp3) is 0.333. The van der Waals surface area contributed by atoms with Gasteiger partial charge in [-0.15, -0.1) is 0 Å². The van der Waals surface area contributed by atoms with Gasteiger partial charge in [-0.1, -0.05) is 44.2 Å². The lowest BCUT2D eigenvalue weighted by Gasteiger charge is -2.14. The minimum atomic E-state index is -0.361. The number of hydrogen-bond donors (Lipinski definition) is 2. The van der Waals surface area contributed by atoms with Crippen LogP contribution in [-0.4, -0.2) is 21.6 Å². The minimum absolute atomic E-state index is 0.0391. The third-order valence-electron chi connectivity index (χ3n) is 4.79. The molecule has 31 heavy (non-hydrogen) atoms. The highest BCUT2D eigenvalue weighted by molar-refractivity contribution is 6.04. The molecule has 0 aliphatic heterocycles. The molecule has 0 aliphatic carbocycles. The van der Waals surface area contributed by atoms with Crippen molar-refractivity contribution in [1.29, 1.82) is 0 Å². The molecule has 7 nitrogen and oxygen atoms in total. The van der Waals surface area contributed by atoms with E-state index in [1.807, 2.05) is 52.0 Å². The number of fused-ring (bicyclic) bond motifs is 1. The number of carbonyl (C=O) groups is 2. The average Bonchev–Trinajstić information content (AvgIpc) is 2.72. The summed E-state index contributed by atoms with van der Waals surface area (Å²) >= 11 is 0. The number of hydrogen-bond acceptors (Lipinski definition) is 4. The van der Waals surface area contributed by atoms with E-state index in [0.717, 1.165) is 5.56 Å². The van der Waals surface area contributed by atoms with E-state index < -0.39 is 0 Å². The third-order valence-corrected chi connectivity index (χ3v) is 4.79. The van der Waals surface area contributed by atoms with Gasteiger partial charge in [0, 0.05) is 24.0 Å². The van der Waals surface area contributed by atoms with Crippen molar-refractivity contribution in [2.45, 2.75) is 46.7 Å². The Morgan fingerprint density at radius 3 is 2.39 bits per heavy atom. The number of rotatable bonds is 7. The third kappa shape index (κ3) is 5.36. The highest BCUT2D eigenvalue weighted by Gasteiger charge is 2.17. The van der Waals surface area contributed by atoms with Crippen molar-refractivity contribution in [2.24, 2.45) is 5.92 Å². The summed E-state index contributed by atoms with van der Waals surface area (Å²) in [5, 5.41) is 11.1. The molecule has 0 saturated heterocycles. The molecule has 0 bridgehead atoms. The quantitative estimate of drug-likeness (QED) is 0.606. The molecule has 2 aromatic carbocycles. The molecule has 0 fully saturated rings. The van der Waals surface area contributed by atoms with E-state index in [0.29, 0.717) is 22.9 Å². The molecule has 7 heteroatoms. The molecule has 3 rings (SSSR count). The second kappa shape index (κ2) is 9.55. The minimum Gasteiger partial charge on any atom is -0.347 e. The zero-order valence-electron chi connectivity index (χ0n) is 18.3. The van der Waals surface area contributed by atoms with E-state index in [1.165, 1.54) is 4.68 Å². The van der Waals surface area contributed by atoms with Crippen molar-refractivity contribution in [3.63, 3.8) is 0 Å². The molecule has 0 spiro atoms. The number of amides is 2. The Hall–Kier alpha value is -3.48. The highest BCUT2D eigenvalue weighted by Crippen LogP contribution is 2.16. The summed E-state index contributed by atoms with van der Waals surface area (Å²) in [6.45, 7) is 7.95. The first-order valence-corrected chi connectivity index (χ1v) is 10.4. The van der Waals surface area contributed by atoms with Gasteiger partial charge in [0.1, 0.15) is 0 Å². The first-order chi connectivity index (χ1) is 14.8. The van der Waals surface area contributed by atoms with Gasteiger partial charge in [0.25, 0.3) is 11.5 Å². The molecule has 0 aliphatic rings. The van der Waals surface area contributed by atoms with Crippen LogP contribution < -0.4 is 16.2 Å². The van der Waals surface area contributed by atoms with Gasteiger partial charge >= 0.3 is 0 Å². The first-order valence-electron chi connectivity index (χ1n) is 10.4. The van der Waals surface area contributed by atoms with Crippen LogP contribution in [0, 0.1) is 5.92 Å². The van der Waals surface area contributed by atoms with Gasteiger partial charge in [-0.3, -0.25) is 14.4 Å². The second-order valence-electron chi connectivity index (χ2n) is 8.27. The van der Waals surface area contributed by atoms with Crippen LogP contribution in [0.1, 0.15) is 56.2 Å². The molecule has 162 valence electrons. The summed E-state index contributed by atoms with van der Waals surface area (Å²) in [6.07, 6.45) is 0.450. The van der Waals surface area contributed by atoms with E-state index in [9.17, 15) is 14.4 Å². The Labute approximate surface area is 181 Å². The fourth-order valence-electron chi connectivity index (χ4n) is 3.33. The van der Waals surface area contributed by atoms with Crippen LogP contribution in [0.4, 0.5) is 5.69 Å². The average molecular weight is 421 g/mol. The molecule has 3 aromatic rings. The van der Waals surface area contributed by atoms with Crippen LogP contribution in [0.5, 0.6) is 0 Å². The largest absolute Gasteiger partial charge is 0.347 e. The number of aromatic nitrogens is 2. The smallest absolute Gasteiger partial charge is 0.274 e. The molecule has 2 N–H and O–H groups in total. The molecule has 0 unspecified atom stereocenters. The number of nitrogens with zero attached hydrogens (tertiary/aromatic N) is 2. The molecule has 0 atom stereocenters. The van der Waals surface area contributed by atoms with E-state index in [4.69, 9.17) is 0 Å². The van der Waals surface area contributed by atoms with E-state index >= 15 is 0 Å². The van der Waals surface area contributed by atoms with Crippen LogP contribution in [0.3, 0.4) is 0 Å². The zero-order chi connectivity index (χ0) is 22.5. The summed E-state index contributed by atoms with van der Waals surface area (Å²) < 4.78 is 1.34. The Kier molecular flexibility index (Phi) is 6.84. The Morgan fingerprint density at radius 1 is 1.00 bits per heavy atom. The fourth-order valence-corrected chi connectivity index (χ4v) is 3.33. The van der Waals surface area contributed by atoms with E-state index in [1.54, 1.807) is 24.3 Å². The van der Waals surface area contributed by atoms with Crippen molar-refractivity contribution in [3.8, 4) is 0 Å². The number of nitrogens with one attached hydrogen (secondary N) is 2. The molecular formula is C24H28N4O3. The normalized spacial score (nSPS) is 11.2. The molecule has 0 radical (unpaired) electrons. The Balaban J connectivity index is 1.80. The van der Waals surface area contributed by atoms with Gasteiger partial charge < -0.3 is 10.6 Å². The topological polar surface area (TPSA) is 93.1 Å². The number of carbonyl (C=O) groups excluding carboxylic acids is 2. The van der Waals surface area contributed by atoms with Crippen LogP contribution in [0.15, 0.2) is 53.3 Å². The molecule has 1 heterocycles. The summed E-state index contributed by atoms with van der Waals surface area (Å²) in [6, 6.07) is 14.2. The molecule has 0 saturated carbocycles. The Morgan fingerprint density at radius 2 is 1.71 bits per heavy atom. The van der Waals surface area contributed by atoms with Crippen molar-refractivity contribution in [3.05, 3.63) is 70.1 Å². The predicted octanol–water partition coefficient (Wildman–Crippen LogP) is 3.89. The lowest BCUT2D eigenvalue weighted by Crippen LogP contribution is -2.31. The summed E-state index contributed by atoms with van der Waals surface area (Å²) in [4.78, 5) is 37.6. The van der Waals surface area contributed by atoms with Crippen LogP contribution >= 0.6 is 0 Å². The predicted molar refractivity (Wildman–Crippen MR) is 122 cm³/mol. The maximum atomic E-state index is 12.9. The van der Waals surface area contributed by atoms with Gasteiger partial charge in [0.05, 0.1) is 11.4 Å². The number of benzene rings is 2. The van der Waals surface area contributed by atoms with Gasteiger partial charge in [0.15, 0.2) is 5.69 Å². The maximum Gasteiger partial charge on any atom is 0.274 e. The van der Waals surface area contributed by atoms with Crippen molar-refractivity contribution in [1.82, 2.24) is 15.1 Å². The monoisotopic (exact) mass is 420 g/mol. The second-order valence-corrected chi connectivity index (χ2v) is 8.27. The van der Waals surface area contributed by atoms with Crippen molar-refractivity contribution < 1.29 is 9.59 Å². The first kappa shape index (κ1) is 22.2. The van der Waals surface area contributed by atoms with Gasteiger partial charge in [-0.05, 0) is 43.5 Å². The number of anilines is 1. The van der Waals surface area contributed by atoms with Crippen molar-refractivity contribution >= 4 is 28.3 Å². The van der Waals surface area contributed by atoms with E-state index in [2.05, 4.69) is 15.7 Å². The lowest BCUT2D eigenvalue weighted by molar-refractivity contribution is -0.116. The van der Waals surface area contributed by atoms with Crippen molar-refractivity contribution in [2.75, 3.05) is 5.32 Å². The zero-order valence-corrected chi connectivity index (χ0v) is 18.3. The van der Waals surface area contributed by atoms with Crippen LogP contribution in [0.2, 0.25) is 0 Å². The summed E-state index contributed by atoms with van der Waals surface area (Å²) in [5.41, 5.74) is 1.53. The van der Waals surface area contributed by atoms with Crippen LogP contribution in [0.25, 0.3) is 10.8 Å². The van der Waals surface area contributed by atoms with Gasteiger partial charge in [-0.2, -0.15) is 5.10 Å². The maximum absolute atomic E-state index is 12.9. The highest BCUT2D eigenvalue weighted by atomic mass is 16.2. The van der Waals surface area contributed by atoms with Gasteiger partial charge in [-0.25, -0.2) is 4.68 Å². The molecular weight excluding hydrogens is 392 g/mol. The lowest BCUT2D eigenvalue weighted by atomic mass is 10.1.